The number of amides is 1. The molecule has 0 radical (unpaired) electrons. The number of hydrogen-bond acceptors (Lipinski definition) is 5. The molecule has 1 aliphatic heterocycles. The normalized spacial score (nSPS) is 17.7. The average molecular weight is 425 g/mol. The maximum absolute atomic E-state index is 13.1. The van der Waals surface area contributed by atoms with Gasteiger partial charge in [0.25, 0.3) is 0 Å². The fourth-order valence-electron chi connectivity index (χ4n) is 3.89. The molecule has 1 fully saturated rings. The molecule has 6 nitrogen and oxygen atoms in total. The van der Waals surface area contributed by atoms with Crippen molar-refractivity contribution in [2.45, 2.75) is 32.4 Å². The molecule has 7 heteroatoms. The molecule has 2 aromatic carbocycles. The van der Waals surface area contributed by atoms with Crippen LogP contribution in [0.15, 0.2) is 59.1 Å². The van der Waals surface area contributed by atoms with Gasteiger partial charge >= 0.3 is 0 Å². The first-order valence-electron chi connectivity index (χ1n) is 10.2. The van der Waals surface area contributed by atoms with Gasteiger partial charge in [0.2, 0.25) is 11.8 Å². The maximum Gasteiger partial charge on any atom is 0.245 e. The summed E-state index contributed by atoms with van der Waals surface area (Å²) in [5.41, 5.74) is 2.14. The molecule has 0 saturated carbocycles. The number of nitrogens with zero attached hydrogens (tertiary/aromatic N) is 4. The summed E-state index contributed by atoms with van der Waals surface area (Å²) in [6.07, 6.45) is 1.21. The predicted octanol–water partition coefficient (Wildman–Crippen LogP) is 4.05. The van der Waals surface area contributed by atoms with Crippen LogP contribution in [0, 0.1) is 6.92 Å². The highest BCUT2D eigenvalue weighted by atomic mass is 35.5. The summed E-state index contributed by atoms with van der Waals surface area (Å²) in [6, 6.07) is 17.7. The summed E-state index contributed by atoms with van der Waals surface area (Å²) in [5.74, 6) is 1.25. The van der Waals surface area contributed by atoms with E-state index in [0.717, 1.165) is 25.1 Å². The van der Waals surface area contributed by atoms with Crippen molar-refractivity contribution in [3.8, 4) is 0 Å². The molecular weight excluding hydrogens is 400 g/mol. The van der Waals surface area contributed by atoms with Crippen molar-refractivity contribution >= 4 is 17.5 Å². The van der Waals surface area contributed by atoms with Crippen molar-refractivity contribution in [1.82, 2.24) is 19.9 Å². The average Bonchev–Trinajstić information content (AvgIpc) is 3.05. The highest BCUT2D eigenvalue weighted by molar-refractivity contribution is 6.30. The minimum Gasteiger partial charge on any atom is -0.340 e. The second kappa shape index (κ2) is 9.41. The van der Waals surface area contributed by atoms with Crippen molar-refractivity contribution in [3.63, 3.8) is 0 Å². The molecule has 1 atom stereocenters. The van der Waals surface area contributed by atoms with Crippen LogP contribution in [0.4, 0.5) is 0 Å². The summed E-state index contributed by atoms with van der Waals surface area (Å²) in [5, 5.41) is 4.62. The van der Waals surface area contributed by atoms with E-state index in [-0.39, 0.29) is 11.9 Å². The van der Waals surface area contributed by atoms with Crippen LogP contribution in [-0.4, -0.2) is 45.5 Å². The molecule has 0 N–H and O–H groups in total. The summed E-state index contributed by atoms with van der Waals surface area (Å²) >= 11 is 6.08. The first-order valence-corrected chi connectivity index (χ1v) is 10.6. The first-order chi connectivity index (χ1) is 14.6. The molecular formula is C23H25ClN4O2. The third-order valence-corrected chi connectivity index (χ3v) is 5.60. The van der Waals surface area contributed by atoms with E-state index >= 15 is 0 Å². The van der Waals surface area contributed by atoms with E-state index in [4.69, 9.17) is 16.1 Å². The topological polar surface area (TPSA) is 62.5 Å². The lowest BCUT2D eigenvalue weighted by Gasteiger charge is -2.29. The molecule has 30 heavy (non-hydrogen) atoms. The van der Waals surface area contributed by atoms with Crippen LogP contribution < -0.4 is 0 Å². The van der Waals surface area contributed by atoms with Crippen LogP contribution >= 0.6 is 11.6 Å². The van der Waals surface area contributed by atoms with Gasteiger partial charge in [-0.3, -0.25) is 9.69 Å². The van der Waals surface area contributed by atoms with E-state index in [0.29, 0.717) is 36.2 Å². The van der Waals surface area contributed by atoms with E-state index in [9.17, 15) is 4.79 Å². The van der Waals surface area contributed by atoms with E-state index in [1.807, 2.05) is 54.3 Å². The number of aryl methyl sites for hydroxylation is 1. The van der Waals surface area contributed by atoms with Crippen molar-refractivity contribution < 1.29 is 9.32 Å². The monoisotopic (exact) mass is 424 g/mol. The minimum atomic E-state index is -0.141. The number of hydrogen-bond donors (Lipinski definition) is 0. The third kappa shape index (κ3) is 5.07. The summed E-state index contributed by atoms with van der Waals surface area (Å²) < 4.78 is 5.53. The number of aromatic nitrogens is 2. The van der Waals surface area contributed by atoms with Crippen molar-refractivity contribution in [1.29, 1.82) is 0 Å². The molecule has 0 bridgehead atoms. The Morgan fingerprint density at radius 1 is 1.13 bits per heavy atom. The van der Waals surface area contributed by atoms with Crippen molar-refractivity contribution in [3.05, 3.63) is 82.5 Å². The molecule has 2 heterocycles. The summed E-state index contributed by atoms with van der Waals surface area (Å²) in [6.45, 7) is 4.65. The molecule has 3 aromatic rings. The Bertz CT molecular complexity index is 992. The smallest absolute Gasteiger partial charge is 0.245 e. The second-order valence-electron chi connectivity index (χ2n) is 7.65. The van der Waals surface area contributed by atoms with Gasteiger partial charge in [-0.15, -0.1) is 0 Å². The molecule has 1 unspecified atom stereocenters. The van der Waals surface area contributed by atoms with Crippen LogP contribution in [0.2, 0.25) is 5.02 Å². The SMILES string of the molecule is Cc1noc(C2CN(C(=O)Cc3cccc(Cl)c3)CCCN2Cc2ccccc2)n1. The van der Waals surface area contributed by atoms with E-state index < -0.39 is 0 Å². The van der Waals surface area contributed by atoms with Gasteiger partial charge in [0.15, 0.2) is 5.82 Å². The van der Waals surface area contributed by atoms with Gasteiger partial charge in [0.1, 0.15) is 6.04 Å². The first kappa shape index (κ1) is 20.6. The molecule has 1 amide bonds. The zero-order chi connectivity index (χ0) is 20.9. The Hall–Kier alpha value is -2.70. The Labute approximate surface area is 181 Å². The lowest BCUT2D eigenvalue weighted by Crippen LogP contribution is -2.38. The lowest BCUT2D eigenvalue weighted by atomic mass is 10.1. The Morgan fingerprint density at radius 2 is 1.93 bits per heavy atom. The van der Waals surface area contributed by atoms with Gasteiger partial charge in [0, 0.05) is 31.2 Å². The second-order valence-corrected chi connectivity index (χ2v) is 8.09. The number of carbonyl (C=O) groups is 1. The Kier molecular flexibility index (Phi) is 6.45. The molecule has 156 valence electrons. The van der Waals surface area contributed by atoms with E-state index in [1.54, 1.807) is 0 Å². The zero-order valence-electron chi connectivity index (χ0n) is 17.0. The largest absolute Gasteiger partial charge is 0.340 e. The molecule has 0 aliphatic carbocycles. The van der Waals surface area contributed by atoms with Crippen LogP contribution in [0.25, 0.3) is 0 Å². The van der Waals surface area contributed by atoms with Gasteiger partial charge in [-0.2, -0.15) is 4.98 Å². The minimum absolute atomic E-state index is 0.0834. The molecule has 0 spiro atoms. The lowest BCUT2D eigenvalue weighted by molar-refractivity contribution is -0.130. The van der Waals surface area contributed by atoms with Gasteiger partial charge in [-0.25, -0.2) is 0 Å². The zero-order valence-corrected chi connectivity index (χ0v) is 17.8. The Balaban J connectivity index is 1.54. The molecule has 1 saturated heterocycles. The molecule has 1 aromatic heterocycles. The van der Waals surface area contributed by atoms with Crippen LogP contribution in [0.3, 0.4) is 0 Å². The van der Waals surface area contributed by atoms with Gasteiger partial charge in [0.05, 0.1) is 6.42 Å². The van der Waals surface area contributed by atoms with E-state index in [2.05, 4.69) is 27.2 Å². The van der Waals surface area contributed by atoms with Gasteiger partial charge in [-0.1, -0.05) is 59.2 Å². The summed E-state index contributed by atoms with van der Waals surface area (Å²) in [7, 11) is 0. The fraction of sp³-hybridized carbons (Fsp3) is 0.348. The van der Waals surface area contributed by atoms with Gasteiger partial charge in [-0.05, 0) is 36.6 Å². The molecule has 4 rings (SSSR count). The highest BCUT2D eigenvalue weighted by Gasteiger charge is 2.32. The van der Waals surface area contributed by atoms with Gasteiger partial charge < -0.3 is 9.42 Å². The third-order valence-electron chi connectivity index (χ3n) is 5.36. The number of benzene rings is 2. The standard InChI is InChI=1S/C23H25ClN4O2/c1-17-25-23(30-26-17)21-16-28(22(29)14-19-9-5-10-20(24)13-19)12-6-11-27(21)15-18-7-3-2-4-8-18/h2-5,7-10,13,21H,6,11-12,14-16H2,1H3. The highest BCUT2D eigenvalue weighted by Crippen LogP contribution is 2.26. The quantitative estimate of drug-likeness (QED) is 0.618. The van der Waals surface area contributed by atoms with E-state index in [1.165, 1.54) is 5.56 Å². The van der Waals surface area contributed by atoms with Crippen LogP contribution in [-0.2, 0) is 17.8 Å². The van der Waals surface area contributed by atoms with Crippen LogP contribution in [0.1, 0.15) is 35.3 Å². The number of carbonyl (C=O) groups excluding carboxylic acids is 1. The van der Waals surface area contributed by atoms with Crippen LogP contribution in [0.5, 0.6) is 0 Å². The van der Waals surface area contributed by atoms with Crippen molar-refractivity contribution in [2.24, 2.45) is 0 Å². The molecule has 1 aliphatic rings. The maximum atomic E-state index is 13.1. The number of rotatable bonds is 5. The Morgan fingerprint density at radius 3 is 2.67 bits per heavy atom. The van der Waals surface area contributed by atoms with Crippen molar-refractivity contribution in [2.75, 3.05) is 19.6 Å². The fourth-order valence-corrected chi connectivity index (χ4v) is 4.10. The summed E-state index contributed by atoms with van der Waals surface area (Å²) in [4.78, 5) is 21.8. The predicted molar refractivity (Wildman–Crippen MR) is 115 cm³/mol. The number of halogens is 1.